The summed E-state index contributed by atoms with van der Waals surface area (Å²) in [5.41, 5.74) is 1.77. The van der Waals surface area contributed by atoms with E-state index in [2.05, 4.69) is 5.32 Å². The molecule has 0 aliphatic carbocycles. The summed E-state index contributed by atoms with van der Waals surface area (Å²) in [5, 5.41) is 4.91. The van der Waals surface area contributed by atoms with Gasteiger partial charge in [0.1, 0.15) is 5.82 Å². The number of carbonyl (C=O) groups is 1. The number of halogens is 1. The Kier molecular flexibility index (Phi) is 5.38. The topological polar surface area (TPSA) is 66.5 Å². The summed E-state index contributed by atoms with van der Waals surface area (Å²) >= 11 is 1.50. The van der Waals surface area contributed by atoms with Gasteiger partial charge in [-0.3, -0.25) is 9.10 Å². The highest BCUT2D eigenvalue weighted by molar-refractivity contribution is 7.93. The van der Waals surface area contributed by atoms with Crippen LogP contribution in [0.2, 0.25) is 0 Å². The van der Waals surface area contributed by atoms with Crippen LogP contribution < -0.4 is 9.62 Å². The van der Waals surface area contributed by atoms with Gasteiger partial charge in [-0.15, -0.1) is 11.3 Å². The molecule has 29 heavy (non-hydrogen) atoms. The number of nitrogens with one attached hydrogen (secondary N) is 1. The van der Waals surface area contributed by atoms with Gasteiger partial charge < -0.3 is 5.32 Å². The minimum atomic E-state index is -3.26. The van der Waals surface area contributed by atoms with Crippen LogP contribution in [0.3, 0.4) is 0 Å². The number of sulfonamides is 1. The maximum absolute atomic E-state index is 13.3. The molecule has 2 heterocycles. The number of hydrogen-bond donors (Lipinski definition) is 1. The van der Waals surface area contributed by atoms with Gasteiger partial charge in [0.15, 0.2) is 0 Å². The second-order valence-corrected chi connectivity index (χ2v) is 9.75. The fraction of sp³-hybridized carbons (Fsp3) is 0.190. The molecule has 4 rings (SSSR count). The molecule has 1 atom stereocenters. The first-order valence-corrected chi connectivity index (χ1v) is 11.6. The predicted octanol–water partition coefficient (Wildman–Crippen LogP) is 3.95. The number of anilines is 1. The molecule has 1 fully saturated rings. The van der Waals surface area contributed by atoms with E-state index < -0.39 is 16.1 Å². The molecule has 1 aliphatic rings. The third-order valence-corrected chi connectivity index (χ3v) is 7.63. The third kappa shape index (κ3) is 4.18. The number of amides is 1. The summed E-state index contributed by atoms with van der Waals surface area (Å²) in [6, 6.07) is 16.0. The predicted molar refractivity (Wildman–Crippen MR) is 112 cm³/mol. The smallest absolute Gasteiger partial charge is 0.252 e. The number of hydrogen-bond acceptors (Lipinski definition) is 4. The van der Waals surface area contributed by atoms with Crippen LogP contribution in [-0.2, 0) is 10.0 Å². The van der Waals surface area contributed by atoms with E-state index in [0.29, 0.717) is 24.2 Å². The molecule has 1 amide bonds. The Morgan fingerprint density at radius 2 is 1.79 bits per heavy atom. The van der Waals surface area contributed by atoms with Crippen LogP contribution in [-0.4, -0.2) is 26.6 Å². The van der Waals surface area contributed by atoms with Crippen molar-refractivity contribution in [1.29, 1.82) is 0 Å². The van der Waals surface area contributed by atoms with Crippen molar-refractivity contribution in [3.05, 3.63) is 87.9 Å². The molecule has 1 saturated heterocycles. The second kappa shape index (κ2) is 7.96. The van der Waals surface area contributed by atoms with Crippen molar-refractivity contribution in [2.75, 3.05) is 16.6 Å². The molecular formula is C21H19FN2O3S2. The van der Waals surface area contributed by atoms with Crippen molar-refractivity contribution < 1.29 is 17.6 Å². The molecule has 0 bridgehead atoms. The first-order chi connectivity index (χ1) is 13.9. The van der Waals surface area contributed by atoms with Crippen LogP contribution in [0.4, 0.5) is 10.1 Å². The molecular weight excluding hydrogens is 411 g/mol. The lowest BCUT2D eigenvalue weighted by molar-refractivity contribution is 0.0943. The molecule has 0 radical (unpaired) electrons. The van der Waals surface area contributed by atoms with Crippen LogP contribution in [0, 0.1) is 5.82 Å². The Bertz CT molecular complexity index is 1100. The minimum Gasteiger partial charge on any atom is -0.340 e. The van der Waals surface area contributed by atoms with Gasteiger partial charge in [0.05, 0.1) is 17.5 Å². The van der Waals surface area contributed by atoms with Gasteiger partial charge >= 0.3 is 0 Å². The standard InChI is InChI=1S/C21H19FN2O3S2/c22-17-8-4-15(5-9-17)20(19-3-1-13-28-19)23-21(25)16-6-10-18(11-7-16)24-12-2-14-29(24,26)27/h1,3-11,13,20H,2,12,14H2,(H,23,25). The Hall–Kier alpha value is -2.71. The summed E-state index contributed by atoms with van der Waals surface area (Å²) < 4.78 is 38.8. The lowest BCUT2D eigenvalue weighted by atomic mass is 10.0. The number of benzene rings is 2. The van der Waals surface area contributed by atoms with Gasteiger partial charge in [-0.05, 0) is 59.8 Å². The first-order valence-electron chi connectivity index (χ1n) is 9.14. The molecule has 0 saturated carbocycles. The quantitative estimate of drug-likeness (QED) is 0.667. The highest BCUT2D eigenvalue weighted by Gasteiger charge is 2.28. The van der Waals surface area contributed by atoms with Gasteiger partial charge in [0, 0.05) is 17.0 Å². The lowest BCUT2D eigenvalue weighted by Crippen LogP contribution is -2.29. The lowest BCUT2D eigenvalue weighted by Gasteiger charge is -2.19. The third-order valence-electron chi connectivity index (χ3n) is 4.82. The Balaban J connectivity index is 1.56. The first kappa shape index (κ1) is 19.6. The Morgan fingerprint density at radius 3 is 2.38 bits per heavy atom. The summed E-state index contributed by atoms with van der Waals surface area (Å²) in [6.07, 6.45) is 0.602. The van der Waals surface area contributed by atoms with Crippen molar-refractivity contribution in [2.45, 2.75) is 12.5 Å². The molecule has 3 aromatic rings. The minimum absolute atomic E-state index is 0.148. The van der Waals surface area contributed by atoms with Crippen molar-refractivity contribution in [3.8, 4) is 0 Å². The highest BCUT2D eigenvalue weighted by Crippen LogP contribution is 2.28. The molecule has 1 aliphatic heterocycles. The zero-order chi connectivity index (χ0) is 20.4. The highest BCUT2D eigenvalue weighted by atomic mass is 32.2. The maximum Gasteiger partial charge on any atom is 0.252 e. The van der Waals surface area contributed by atoms with Crippen LogP contribution >= 0.6 is 11.3 Å². The Morgan fingerprint density at radius 1 is 1.07 bits per heavy atom. The van der Waals surface area contributed by atoms with Crippen molar-refractivity contribution in [3.63, 3.8) is 0 Å². The van der Waals surface area contributed by atoms with Crippen LogP contribution in [0.15, 0.2) is 66.0 Å². The van der Waals surface area contributed by atoms with E-state index in [1.54, 1.807) is 36.4 Å². The number of nitrogens with zero attached hydrogens (tertiary/aromatic N) is 1. The molecule has 150 valence electrons. The normalized spacial score (nSPS) is 16.5. The largest absolute Gasteiger partial charge is 0.340 e. The van der Waals surface area contributed by atoms with E-state index in [1.807, 2.05) is 17.5 Å². The fourth-order valence-corrected chi connectivity index (χ4v) is 5.72. The van der Waals surface area contributed by atoms with E-state index in [9.17, 15) is 17.6 Å². The molecule has 2 aromatic carbocycles. The molecule has 0 spiro atoms. The zero-order valence-electron chi connectivity index (χ0n) is 15.4. The SMILES string of the molecule is O=C(NC(c1ccc(F)cc1)c1cccs1)c1ccc(N2CCCS2(=O)=O)cc1. The summed E-state index contributed by atoms with van der Waals surface area (Å²) in [6.45, 7) is 0.457. The van der Waals surface area contributed by atoms with Gasteiger partial charge in [-0.2, -0.15) is 0 Å². The van der Waals surface area contributed by atoms with E-state index in [1.165, 1.54) is 27.8 Å². The van der Waals surface area contributed by atoms with Crippen LogP contribution in [0.5, 0.6) is 0 Å². The van der Waals surface area contributed by atoms with Gasteiger partial charge in [-0.1, -0.05) is 18.2 Å². The summed E-state index contributed by atoms with van der Waals surface area (Å²) in [5.74, 6) is -0.476. The van der Waals surface area contributed by atoms with Crippen LogP contribution in [0.25, 0.3) is 0 Å². The van der Waals surface area contributed by atoms with Gasteiger partial charge in [0.2, 0.25) is 10.0 Å². The van der Waals surface area contributed by atoms with Crippen molar-refractivity contribution >= 4 is 33.0 Å². The number of carbonyl (C=O) groups excluding carboxylic acids is 1. The summed E-state index contributed by atoms with van der Waals surface area (Å²) in [4.78, 5) is 13.8. The molecule has 8 heteroatoms. The molecule has 1 unspecified atom stereocenters. The van der Waals surface area contributed by atoms with E-state index in [0.717, 1.165) is 10.4 Å². The number of rotatable bonds is 5. The molecule has 1 aromatic heterocycles. The van der Waals surface area contributed by atoms with Crippen LogP contribution in [0.1, 0.15) is 33.3 Å². The van der Waals surface area contributed by atoms with Crippen molar-refractivity contribution in [2.24, 2.45) is 0 Å². The maximum atomic E-state index is 13.3. The molecule has 5 nitrogen and oxygen atoms in total. The van der Waals surface area contributed by atoms with E-state index >= 15 is 0 Å². The summed E-state index contributed by atoms with van der Waals surface area (Å²) in [7, 11) is -3.26. The monoisotopic (exact) mass is 430 g/mol. The zero-order valence-corrected chi connectivity index (χ0v) is 17.0. The average Bonchev–Trinajstić information content (AvgIpc) is 3.36. The molecule has 1 N–H and O–H groups in total. The van der Waals surface area contributed by atoms with Gasteiger partial charge in [-0.25, -0.2) is 12.8 Å². The fourth-order valence-electron chi connectivity index (χ4n) is 3.35. The average molecular weight is 431 g/mol. The van der Waals surface area contributed by atoms with Gasteiger partial charge in [0.25, 0.3) is 5.91 Å². The van der Waals surface area contributed by atoms with E-state index in [-0.39, 0.29) is 17.5 Å². The number of thiophene rings is 1. The second-order valence-electron chi connectivity index (χ2n) is 6.76. The van der Waals surface area contributed by atoms with Crippen molar-refractivity contribution in [1.82, 2.24) is 5.32 Å². The van der Waals surface area contributed by atoms with E-state index in [4.69, 9.17) is 0 Å². The Labute approximate surface area is 172 Å².